The van der Waals surface area contributed by atoms with E-state index < -0.39 is 0 Å². The average molecular weight is 384 g/mol. The molecule has 0 saturated heterocycles. The van der Waals surface area contributed by atoms with Gasteiger partial charge in [-0.15, -0.1) is 11.3 Å². The molecule has 5 rings (SSSR count). The summed E-state index contributed by atoms with van der Waals surface area (Å²) in [4.78, 5) is 18.3. The molecule has 1 amide bonds. The van der Waals surface area contributed by atoms with Gasteiger partial charge in [-0.05, 0) is 35.0 Å². The largest absolute Gasteiger partial charge is 0.346 e. The second-order valence-electron chi connectivity index (χ2n) is 6.49. The highest BCUT2D eigenvalue weighted by atomic mass is 32.1. The fourth-order valence-corrected chi connectivity index (χ4v) is 4.20. The Morgan fingerprint density at radius 3 is 2.71 bits per heavy atom. The van der Waals surface area contributed by atoms with E-state index in [0.717, 1.165) is 26.4 Å². The first kappa shape index (κ1) is 16.6. The van der Waals surface area contributed by atoms with Gasteiger partial charge >= 0.3 is 0 Å². The second-order valence-corrected chi connectivity index (χ2v) is 7.60. The number of rotatable bonds is 4. The molecule has 0 aliphatic carbocycles. The first-order valence-corrected chi connectivity index (χ1v) is 9.75. The molecule has 6 heteroatoms. The molecule has 2 N–H and O–H groups in total. The number of hydrogen-bond acceptors (Lipinski definition) is 4. The quantitative estimate of drug-likeness (QED) is 0.469. The number of carbonyl (C=O) groups excluding carboxylic acids is 1. The van der Waals surface area contributed by atoms with E-state index in [2.05, 4.69) is 56.9 Å². The van der Waals surface area contributed by atoms with E-state index in [1.165, 1.54) is 10.8 Å². The Hall–Kier alpha value is -3.51. The third-order valence-electron chi connectivity index (χ3n) is 4.66. The lowest BCUT2D eigenvalue weighted by Crippen LogP contribution is -2.23. The minimum Gasteiger partial charge on any atom is -0.346 e. The zero-order valence-corrected chi connectivity index (χ0v) is 15.7. The van der Waals surface area contributed by atoms with E-state index in [1.807, 2.05) is 12.1 Å². The van der Waals surface area contributed by atoms with Crippen LogP contribution in [0, 0.1) is 0 Å². The number of amides is 1. The standard InChI is InChI=1S/C22H16N4OS/c27-21(19-7-3-4-10-23-19)24-13-17-12-18-20(25-26-22(18)28-17)16-9-8-14-5-1-2-6-15(14)11-16/h1-12H,13H2,(H,24,27)(H,25,26). The lowest BCUT2D eigenvalue weighted by atomic mass is 10.0. The third kappa shape index (κ3) is 3.04. The Bertz CT molecular complexity index is 1290. The Morgan fingerprint density at radius 2 is 1.86 bits per heavy atom. The van der Waals surface area contributed by atoms with Crippen molar-refractivity contribution >= 4 is 38.2 Å². The van der Waals surface area contributed by atoms with Crippen molar-refractivity contribution in [3.63, 3.8) is 0 Å². The minimum atomic E-state index is -0.178. The summed E-state index contributed by atoms with van der Waals surface area (Å²) in [7, 11) is 0. The summed E-state index contributed by atoms with van der Waals surface area (Å²) < 4.78 is 0. The summed E-state index contributed by atoms with van der Waals surface area (Å²) in [6.07, 6.45) is 1.62. The number of fused-ring (bicyclic) bond motifs is 2. The monoisotopic (exact) mass is 384 g/mol. The van der Waals surface area contributed by atoms with E-state index in [4.69, 9.17) is 0 Å². The van der Waals surface area contributed by atoms with Gasteiger partial charge in [0, 0.05) is 22.0 Å². The van der Waals surface area contributed by atoms with Crippen molar-refractivity contribution in [2.75, 3.05) is 0 Å². The van der Waals surface area contributed by atoms with Crippen molar-refractivity contribution in [3.05, 3.63) is 83.5 Å². The maximum Gasteiger partial charge on any atom is 0.270 e. The van der Waals surface area contributed by atoms with Crippen molar-refractivity contribution < 1.29 is 4.79 Å². The highest BCUT2D eigenvalue weighted by molar-refractivity contribution is 7.18. The summed E-state index contributed by atoms with van der Waals surface area (Å²) in [5.74, 6) is -0.178. The Morgan fingerprint density at radius 1 is 1.00 bits per heavy atom. The van der Waals surface area contributed by atoms with Crippen molar-refractivity contribution in [1.29, 1.82) is 0 Å². The summed E-state index contributed by atoms with van der Waals surface area (Å²) in [5.41, 5.74) is 2.52. The van der Waals surface area contributed by atoms with Crippen LogP contribution in [0.25, 0.3) is 32.2 Å². The van der Waals surface area contributed by atoms with Gasteiger partial charge in [0.2, 0.25) is 0 Å². The molecule has 136 valence electrons. The normalized spacial score (nSPS) is 11.1. The molecule has 0 aliphatic rings. The van der Waals surface area contributed by atoms with Crippen LogP contribution in [0.15, 0.2) is 72.9 Å². The molecule has 0 atom stereocenters. The maximum absolute atomic E-state index is 12.2. The number of hydrogen-bond donors (Lipinski definition) is 2. The Balaban J connectivity index is 1.41. The van der Waals surface area contributed by atoms with Crippen LogP contribution >= 0.6 is 11.3 Å². The number of carbonyl (C=O) groups is 1. The van der Waals surface area contributed by atoms with Crippen LogP contribution in [0.3, 0.4) is 0 Å². The number of aromatic amines is 1. The molecule has 28 heavy (non-hydrogen) atoms. The number of nitrogens with one attached hydrogen (secondary N) is 2. The van der Waals surface area contributed by atoms with Gasteiger partial charge in [0.1, 0.15) is 10.5 Å². The number of pyridine rings is 1. The van der Waals surface area contributed by atoms with Crippen LogP contribution in [0.4, 0.5) is 0 Å². The van der Waals surface area contributed by atoms with Crippen LogP contribution in [-0.4, -0.2) is 21.1 Å². The molecule has 0 saturated carbocycles. The molecule has 0 spiro atoms. The average Bonchev–Trinajstić information content (AvgIpc) is 3.32. The topological polar surface area (TPSA) is 70.7 Å². The van der Waals surface area contributed by atoms with Crippen molar-refractivity contribution in [1.82, 2.24) is 20.5 Å². The van der Waals surface area contributed by atoms with Crippen molar-refractivity contribution in [3.8, 4) is 11.3 Å². The second kappa shape index (κ2) is 6.90. The number of aromatic nitrogens is 3. The van der Waals surface area contributed by atoms with Gasteiger partial charge in [-0.3, -0.25) is 14.9 Å². The number of nitrogens with zero attached hydrogens (tertiary/aromatic N) is 2. The Labute approximate surface area is 165 Å². The smallest absolute Gasteiger partial charge is 0.270 e. The lowest BCUT2D eigenvalue weighted by Gasteiger charge is -2.03. The van der Waals surface area contributed by atoms with Crippen LogP contribution < -0.4 is 5.32 Å². The predicted molar refractivity (Wildman–Crippen MR) is 112 cm³/mol. The zero-order chi connectivity index (χ0) is 18.9. The van der Waals surface area contributed by atoms with Gasteiger partial charge in [0.05, 0.1) is 12.2 Å². The molecule has 5 aromatic rings. The van der Waals surface area contributed by atoms with Crippen molar-refractivity contribution in [2.24, 2.45) is 0 Å². The van der Waals surface area contributed by atoms with Crippen molar-refractivity contribution in [2.45, 2.75) is 6.54 Å². The molecule has 0 bridgehead atoms. The number of thiophene rings is 1. The summed E-state index contributed by atoms with van der Waals surface area (Å²) in [6, 6.07) is 22.1. The van der Waals surface area contributed by atoms with Gasteiger partial charge in [-0.25, -0.2) is 0 Å². The lowest BCUT2D eigenvalue weighted by molar-refractivity contribution is 0.0946. The van der Waals surface area contributed by atoms with E-state index in [9.17, 15) is 4.79 Å². The molecular weight excluding hydrogens is 368 g/mol. The predicted octanol–water partition coefficient (Wildman–Crippen LogP) is 4.77. The van der Waals surface area contributed by atoms with Crippen LogP contribution in [0.2, 0.25) is 0 Å². The van der Waals surface area contributed by atoms with Crippen LogP contribution in [-0.2, 0) is 6.54 Å². The fraction of sp³-hybridized carbons (Fsp3) is 0.0455. The number of benzene rings is 2. The fourth-order valence-electron chi connectivity index (χ4n) is 3.27. The minimum absolute atomic E-state index is 0.178. The van der Waals surface area contributed by atoms with Gasteiger partial charge in [-0.2, -0.15) is 5.10 Å². The first-order chi connectivity index (χ1) is 13.8. The van der Waals surface area contributed by atoms with E-state index in [1.54, 1.807) is 35.7 Å². The highest BCUT2D eigenvalue weighted by Crippen LogP contribution is 2.33. The Kier molecular flexibility index (Phi) is 4.10. The molecule has 2 aromatic carbocycles. The molecule has 0 aliphatic heterocycles. The van der Waals surface area contributed by atoms with Crippen LogP contribution in [0.5, 0.6) is 0 Å². The summed E-state index contributed by atoms with van der Waals surface area (Å²) >= 11 is 1.58. The zero-order valence-electron chi connectivity index (χ0n) is 14.8. The number of H-pyrrole nitrogens is 1. The molecule has 3 heterocycles. The molecular formula is C22H16N4OS. The molecule has 0 fully saturated rings. The van der Waals surface area contributed by atoms with Gasteiger partial charge in [0.15, 0.2) is 0 Å². The van der Waals surface area contributed by atoms with E-state index in [0.29, 0.717) is 12.2 Å². The SMILES string of the molecule is O=C(NCc1cc2c(-c3ccc4ccccc4c3)[nH]nc2s1)c1ccccn1. The molecule has 0 unspecified atom stereocenters. The van der Waals surface area contributed by atoms with Crippen LogP contribution in [0.1, 0.15) is 15.4 Å². The van der Waals surface area contributed by atoms with Gasteiger partial charge in [0.25, 0.3) is 5.91 Å². The highest BCUT2D eigenvalue weighted by Gasteiger charge is 2.13. The van der Waals surface area contributed by atoms with E-state index >= 15 is 0 Å². The molecule has 3 aromatic heterocycles. The molecule has 5 nitrogen and oxygen atoms in total. The summed E-state index contributed by atoms with van der Waals surface area (Å²) in [6.45, 7) is 0.452. The molecule has 0 radical (unpaired) electrons. The van der Waals surface area contributed by atoms with Gasteiger partial charge in [-0.1, -0.05) is 42.5 Å². The summed E-state index contributed by atoms with van der Waals surface area (Å²) in [5, 5.41) is 14.0. The van der Waals surface area contributed by atoms with Gasteiger partial charge < -0.3 is 5.32 Å². The maximum atomic E-state index is 12.2. The van der Waals surface area contributed by atoms with E-state index in [-0.39, 0.29) is 5.91 Å². The first-order valence-electron chi connectivity index (χ1n) is 8.93. The third-order valence-corrected chi connectivity index (χ3v) is 5.69.